The highest BCUT2D eigenvalue weighted by Crippen LogP contribution is 2.23. The van der Waals surface area contributed by atoms with Gasteiger partial charge in [-0.1, -0.05) is 0 Å². The molecule has 0 saturated carbocycles. The molecule has 5 nitrogen and oxygen atoms in total. The molecule has 0 amide bonds. The average Bonchev–Trinajstić information content (AvgIpc) is 2.23. The van der Waals surface area contributed by atoms with E-state index in [1.807, 2.05) is 0 Å². The molecule has 0 radical (unpaired) electrons. The van der Waals surface area contributed by atoms with Crippen molar-refractivity contribution in [2.24, 2.45) is 5.84 Å². The van der Waals surface area contributed by atoms with Crippen molar-refractivity contribution in [3.05, 3.63) is 11.8 Å². The van der Waals surface area contributed by atoms with E-state index in [4.69, 9.17) is 5.84 Å². The standard InChI is InChI=1S/C10H16F3N5/c1-6(2)18(5-10(11,12)13)8-4-7(3)15-9(16-8)17-14/h4,6H,5,14H2,1-3H3,(H,15,16,17). The minimum atomic E-state index is -4.29. The lowest BCUT2D eigenvalue weighted by Gasteiger charge is -2.29. The molecular formula is C10H16F3N5. The molecule has 0 aromatic carbocycles. The third kappa shape index (κ3) is 4.02. The second-order valence-electron chi connectivity index (χ2n) is 4.17. The van der Waals surface area contributed by atoms with Crippen LogP contribution in [0.3, 0.4) is 0 Å². The van der Waals surface area contributed by atoms with E-state index in [2.05, 4.69) is 15.4 Å². The molecule has 1 rings (SSSR count). The Hall–Kier alpha value is -1.57. The summed E-state index contributed by atoms with van der Waals surface area (Å²) in [6.45, 7) is 3.93. The van der Waals surface area contributed by atoms with Gasteiger partial charge >= 0.3 is 6.18 Å². The zero-order valence-corrected chi connectivity index (χ0v) is 10.4. The van der Waals surface area contributed by atoms with E-state index in [-0.39, 0.29) is 17.8 Å². The van der Waals surface area contributed by atoms with Crippen molar-refractivity contribution in [2.45, 2.75) is 33.0 Å². The third-order valence-corrected chi connectivity index (χ3v) is 2.24. The summed E-state index contributed by atoms with van der Waals surface area (Å²) in [5.41, 5.74) is 2.78. The number of hydrogen-bond acceptors (Lipinski definition) is 5. The molecule has 0 fully saturated rings. The largest absolute Gasteiger partial charge is 0.405 e. The molecule has 0 aliphatic carbocycles. The van der Waals surface area contributed by atoms with Crippen LogP contribution in [0.15, 0.2) is 6.07 Å². The van der Waals surface area contributed by atoms with Crippen molar-refractivity contribution in [3.63, 3.8) is 0 Å². The summed E-state index contributed by atoms with van der Waals surface area (Å²) in [6, 6.07) is 1.15. The van der Waals surface area contributed by atoms with Gasteiger partial charge in [-0.3, -0.25) is 5.43 Å². The van der Waals surface area contributed by atoms with Gasteiger partial charge in [0.1, 0.15) is 12.4 Å². The number of nitrogen functional groups attached to an aromatic ring is 1. The highest BCUT2D eigenvalue weighted by Gasteiger charge is 2.32. The van der Waals surface area contributed by atoms with Crippen LogP contribution in [0, 0.1) is 6.92 Å². The Kier molecular flexibility index (Phi) is 4.33. The van der Waals surface area contributed by atoms with Crippen LogP contribution in [-0.4, -0.2) is 28.7 Å². The molecule has 18 heavy (non-hydrogen) atoms. The van der Waals surface area contributed by atoms with Crippen molar-refractivity contribution in [3.8, 4) is 0 Å². The summed E-state index contributed by atoms with van der Waals surface area (Å²) >= 11 is 0. The van der Waals surface area contributed by atoms with Crippen molar-refractivity contribution < 1.29 is 13.2 Å². The summed E-state index contributed by atoms with van der Waals surface area (Å²) in [4.78, 5) is 9.02. The second-order valence-corrected chi connectivity index (χ2v) is 4.17. The predicted molar refractivity (Wildman–Crippen MR) is 63.1 cm³/mol. The topological polar surface area (TPSA) is 67.1 Å². The fraction of sp³-hybridized carbons (Fsp3) is 0.600. The number of hydrogen-bond donors (Lipinski definition) is 2. The molecule has 0 aliphatic heterocycles. The molecular weight excluding hydrogens is 247 g/mol. The van der Waals surface area contributed by atoms with E-state index < -0.39 is 12.7 Å². The van der Waals surface area contributed by atoms with Gasteiger partial charge in [0.15, 0.2) is 0 Å². The van der Waals surface area contributed by atoms with Crippen LogP contribution in [0.1, 0.15) is 19.5 Å². The predicted octanol–water partition coefficient (Wildman–Crippen LogP) is 1.85. The summed E-state index contributed by atoms with van der Waals surface area (Å²) in [6.07, 6.45) is -4.29. The molecule has 0 unspecified atom stereocenters. The summed E-state index contributed by atoms with van der Waals surface area (Å²) in [5, 5.41) is 0. The lowest BCUT2D eigenvalue weighted by molar-refractivity contribution is -0.120. The van der Waals surface area contributed by atoms with Gasteiger partial charge in [-0.25, -0.2) is 10.8 Å². The minimum absolute atomic E-state index is 0.0952. The Balaban J connectivity index is 3.09. The smallest absolute Gasteiger partial charge is 0.345 e. The molecule has 1 aromatic rings. The molecule has 0 atom stereocenters. The molecule has 3 N–H and O–H groups in total. The lowest BCUT2D eigenvalue weighted by Crippen LogP contribution is -2.39. The van der Waals surface area contributed by atoms with Crippen LogP contribution in [-0.2, 0) is 0 Å². The van der Waals surface area contributed by atoms with Crippen molar-refractivity contribution in [1.82, 2.24) is 9.97 Å². The van der Waals surface area contributed by atoms with Crippen LogP contribution >= 0.6 is 0 Å². The van der Waals surface area contributed by atoms with Crippen LogP contribution < -0.4 is 16.2 Å². The van der Waals surface area contributed by atoms with Gasteiger partial charge in [0.05, 0.1) is 0 Å². The van der Waals surface area contributed by atoms with Crippen molar-refractivity contribution in [1.29, 1.82) is 0 Å². The normalized spacial score (nSPS) is 11.8. The first-order chi connectivity index (χ1) is 8.23. The van der Waals surface area contributed by atoms with E-state index in [9.17, 15) is 13.2 Å². The maximum Gasteiger partial charge on any atom is 0.405 e. The van der Waals surface area contributed by atoms with Gasteiger partial charge in [-0.2, -0.15) is 18.2 Å². The molecule has 8 heteroatoms. The zero-order valence-electron chi connectivity index (χ0n) is 10.4. The number of aryl methyl sites for hydroxylation is 1. The van der Waals surface area contributed by atoms with Gasteiger partial charge in [-0.05, 0) is 20.8 Å². The zero-order chi connectivity index (χ0) is 13.9. The van der Waals surface area contributed by atoms with Crippen LogP contribution in [0.5, 0.6) is 0 Å². The molecule has 0 spiro atoms. The SMILES string of the molecule is Cc1cc(N(CC(F)(F)F)C(C)C)nc(NN)n1. The maximum atomic E-state index is 12.5. The Morgan fingerprint density at radius 3 is 2.44 bits per heavy atom. The van der Waals surface area contributed by atoms with Gasteiger partial charge in [0, 0.05) is 17.8 Å². The fourth-order valence-corrected chi connectivity index (χ4v) is 1.48. The monoisotopic (exact) mass is 263 g/mol. The Bertz CT molecular complexity index is 405. The van der Waals surface area contributed by atoms with Crippen LogP contribution in [0.25, 0.3) is 0 Å². The second kappa shape index (κ2) is 5.38. The Morgan fingerprint density at radius 2 is 2.00 bits per heavy atom. The number of anilines is 2. The van der Waals surface area contributed by atoms with Gasteiger partial charge in [0.2, 0.25) is 5.95 Å². The quantitative estimate of drug-likeness (QED) is 0.641. The van der Waals surface area contributed by atoms with E-state index in [0.717, 1.165) is 4.90 Å². The highest BCUT2D eigenvalue weighted by molar-refractivity contribution is 5.45. The Morgan fingerprint density at radius 1 is 1.39 bits per heavy atom. The summed E-state index contributed by atoms with van der Waals surface area (Å²) in [7, 11) is 0. The van der Waals surface area contributed by atoms with Gasteiger partial charge < -0.3 is 4.90 Å². The molecule has 102 valence electrons. The van der Waals surface area contributed by atoms with Gasteiger partial charge in [-0.15, -0.1) is 0 Å². The third-order valence-electron chi connectivity index (χ3n) is 2.24. The minimum Gasteiger partial charge on any atom is -0.345 e. The molecule has 0 saturated heterocycles. The van der Waals surface area contributed by atoms with Crippen LogP contribution in [0.4, 0.5) is 24.9 Å². The number of rotatable bonds is 4. The number of alkyl halides is 3. The first-order valence-electron chi connectivity index (χ1n) is 5.38. The fourth-order valence-electron chi connectivity index (χ4n) is 1.48. The highest BCUT2D eigenvalue weighted by atomic mass is 19.4. The van der Waals surface area contributed by atoms with E-state index >= 15 is 0 Å². The van der Waals surface area contributed by atoms with E-state index in [1.165, 1.54) is 6.07 Å². The Labute approximate surface area is 103 Å². The van der Waals surface area contributed by atoms with Gasteiger partial charge in [0.25, 0.3) is 0 Å². The number of halogens is 3. The van der Waals surface area contributed by atoms with E-state index in [1.54, 1.807) is 20.8 Å². The number of nitrogens with one attached hydrogen (secondary N) is 1. The maximum absolute atomic E-state index is 12.5. The first-order valence-corrected chi connectivity index (χ1v) is 5.38. The molecule has 0 bridgehead atoms. The number of hydrazine groups is 1. The average molecular weight is 263 g/mol. The van der Waals surface area contributed by atoms with Crippen LogP contribution in [0.2, 0.25) is 0 Å². The molecule has 0 aliphatic rings. The van der Waals surface area contributed by atoms with Crippen molar-refractivity contribution in [2.75, 3.05) is 16.9 Å². The number of nitrogens with zero attached hydrogens (tertiary/aromatic N) is 3. The molecule has 1 heterocycles. The summed E-state index contributed by atoms with van der Waals surface area (Å²) in [5.74, 6) is 5.47. The summed E-state index contributed by atoms with van der Waals surface area (Å²) < 4.78 is 37.5. The number of nitrogens with two attached hydrogens (primary N) is 1. The first kappa shape index (κ1) is 14.5. The number of aromatic nitrogens is 2. The van der Waals surface area contributed by atoms with E-state index in [0.29, 0.717) is 5.69 Å². The van der Waals surface area contributed by atoms with Crippen molar-refractivity contribution >= 4 is 11.8 Å². The molecule has 1 aromatic heterocycles. The lowest BCUT2D eigenvalue weighted by atomic mass is 10.3.